The van der Waals surface area contributed by atoms with E-state index in [9.17, 15) is 0 Å². The number of hydrazine groups is 1. The Kier molecular flexibility index (Phi) is 3.43. The average molecular weight is 248 g/mol. The Balaban J connectivity index is 1.74. The molecule has 0 aromatic carbocycles. The lowest BCUT2D eigenvalue weighted by Crippen LogP contribution is -2.23. The minimum absolute atomic E-state index is 0.277. The van der Waals surface area contributed by atoms with E-state index in [4.69, 9.17) is 10.6 Å². The summed E-state index contributed by atoms with van der Waals surface area (Å²) in [6, 6.07) is 1.96. The van der Waals surface area contributed by atoms with Crippen LogP contribution in [-0.4, -0.2) is 22.7 Å². The topological polar surface area (TPSA) is 73.1 Å². The Morgan fingerprint density at radius 3 is 2.83 bits per heavy atom. The lowest BCUT2D eigenvalue weighted by atomic mass is 10.1. The van der Waals surface area contributed by atoms with Crippen LogP contribution in [0.3, 0.4) is 0 Å². The Bertz CT molecular complexity index is 413. The highest BCUT2D eigenvalue weighted by atomic mass is 16.5. The van der Waals surface area contributed by atoms with Gasteiger partial charge in [0.15, 0.2) is 0 Å². The molecular weight excluding hydrogens is 228 g/mol. The molecule has 0 bridgehead atoms. The molecule has 2 fully saturated rings. The first-order valence-corrected chi connectivity index (χ1v) is 6.81. The summed E-state index contributed by atoms with van der Waals surface area (Å²) in [6.07, 6.45) is 7.08. The number of nitrogens with two attached hydrogens (primary N) is 1. The van der Waals surface area contributed by atoms with Crippen molar-refractivity contribution in [2.75, 3.05) is 12.0 Å². The highest BCUT2D eigenvalue weighted by Gasteiger charge is 2.26. The first kappa shape index (κ1) is 11.9. The van der Waals surface area contributed by atoms with Gasteiger partial charge in [-0.25, -0.2) is 15.8 Å². The maximum atomic E-state index is 5.74. The van der Waals surface area contributed by atoms with Gasteiger partial charge in [-0.05, 0) is 32.1 Å². The number of nitrogens with one attached hydrogen (secondary N) is 1. The molecule has 2 aliphatic rings. The Morgan fingerprint density at radius 1 is 1.28 bits per heavy atom. The van der Waals surface area contributed by atoms with Crippen molar-refractivity contribution in [1.29, 1.82) is 0 Å². The zero-order valence-corrected chi connectivity index (χ0v) is 10.6. The monoisotopic (exact) mass is 248 g/mol. The fourth-order valence-corrected chi connectivity index (χ4v) is 2.44. The Hall–Kier alpha value is -1.20. The summed E-state index contributed by atoms with van der Waals surface area (Å²) in [5.41, 5.74) is 3.76. The van der Waals surface area contributed by atoms with Crippen LogP contribution in [0.1, 0.15) is 49.5 Å². The molecule has 1 aromatic rings. The number of anilines is 1. The fourth-order valence-electron chi connectivity index (χ4n) is 2.44. The van der Waals surface area contributed by atoms with Crippen molar-refractivity contribution in [3.8, 4) is 0 Å². The summed E-state index contributed by atoms with van der Waals surface area (Å²) in [4.78, 5) is 9.08. The van der Waals surface area contributed by atoms with Crippen LogP contribution in [0, 0.1) is 0 Å². The van der Waals surface area contributed by atoms with Crippen LogP contribution in [0.5, 0.6) is 0 Å². The number of nitrogens with zero attached hydrogens (tertiary/aromatic N) is 2. The molecule has 1 unspecified atom stereocenters. The number of ether oxygens (including phenoxy) is 1. The van der Waals surface area contributed by atoms with Crippen LogP contribution in [0.15, 0.2) is 6.07 Å². The summed E-state index contributed by atoms with van der Waals surface area (Å²) >= 11 is 0. The number of aromatic nitrogens is 2. The van der Waals surface area contributed by atoms with Crippen LogP contribution in [0.25, 0.3) is 0 Å². The molecular formula is C13H20N4O. The highest BCUT2D eigenvalue weighted by molar-refractivity contribution is 5.36. The Labute approximate surface area is 107 Å². The van der Waals surface area contributed by atoms with Gasteiger partial charge in [-0.2, -0.15) is 0 Å². The quantitative estimate of drug-likeness (QED) is 0.627. The summed E-state index contributed by atoms with van der Waals surface area (Å²) in [5, 5.41) is 0. The van der Waals surface area contributed by atoms with Crippen LogP contribution in [0.2, 0.25) is 0 Å². The van der Waals surface area contributed by atoms with Crippen molar-refractivity contribution in [3.63, 3.8) is 0 Å². The molecule has 0 spiro atoms. The molecule has 1 aromatic heterocycles. The summed E-state index contributed by atoms with van der Waals surface area (Å²) < 4.78 is 5.74. The fraction of sp³-hybridized carbons (Fsp3) is 0.692. The largest absolute Gasteiger partial charge is 0.378 e. The molecule has 1 saturated heterocycles. The van der Waals surface area contributed by atoms with Gasteiger partial charge in [0, 0.05) is 30.7 Å². The third kappa shape index (κ3) is 2.79. The standard InChI is InChI=1S/C13H20N4O/c14-17-13-8-11(9-4-5-9)15-12(16-13)7-10-3-1-2-6-18-10/h8-10H,1-7,14H2,(H,15,16,17). The van der Waals surface area contributed by atoms with Gasteiger partial charge in [0.25, 0.3) is 0 Å². The third-order valence-corrected chi connectivity index (χ3v) is 3.62. The first-order chi connectivity index (χ1) is 8.85. The summed E-state index contributed by atoms with van der Waals surface area (Å²) in [6.45, 7) is 0.870. The predicted molar refractivity (Wildman–Crippen MR) is 69.1 cm³/mol. The van der Waals surface area contributed by atoms with Crippen molar-refractivity contribution in [2.24, 2.45) is 5.84 Å². The molecule has 5 nitrogen and oxygen atoms in total. The van der Waals surface area contributed by atoms with E-state index in [1.54, 1.807) is 0 Å². The normalized spacial score (nSPS) is 23.9. The molecule has 98 valence electrons. The van der Waals surface area contributed by atoms with E-state index < -0.39 is 0 Å². The van der Waals surface area contributed by atoms with Gasteiger partial charge in [-0.3, -0.25) is 0 Å². The number of nitrogen functional groups attached to an aromatic ring is 1. The molecule has 1 atom stereocenters. The Morgan fingerprint density at radius 2 is 2.17 bits per heavy atom. The maximum absolute atomic E-state index is 5.74. The van der Waals surface area contributed by atoms with Gasteiger partial charge >= 0.3 is 0 Å². The van der Waals surface area contributed by atoms with Crippen molar-refractivity contribution in [3.05, 3.63) is 17.6 Å². The molecule has 3 rings (SSSR count). The van der Waals surface area contributed by atoms with Crippen LogP contribution in [-0.2, 0) is 11.2 Å². The zero-order valence-electron chi connectivity index (χ0n) is 10.6. The van der Waals surface area contributed by atoms with Gasteiger partial charge in [0.2, 0.25) is 0 Å². The summed E-state index contributed by atoms with van der Waals surface area (Å²) in [5.74, 6) is 7.67. The number of rotatable bonds is 4. The van der Waals surface area contributed by atoms with E-state index in [0.717, 1.165) is 36.8 Å². The van der Waals surface area contributed by atoms with Crippen LogP contribution >= 0.6 is 0 Å². The van der Waals surface area contributed by atoms with Crippen LogP contribution in [0.4, 0.5) is 5.82 Å². The minimum Gasteiger partial charge on any atom is -0.378 e. The van der Waals surface area contributed by atoms with E-state index in [1.807, 2.05) is 6.07 Å². The first-order valence-electron chi connectivity index (χ1n) is 6.81. The van der Waals surface area contributed by atoms with Gasteiger partial charge < -0.3 is 10.2 Å². The second kappa shape index (κ2) is 5.20. The molecule has 1 saturated carbocycles. The summed E-state index contributed by atoms with van der Waals surface area (Å²) in [7, 11) is 0. The van der Waals surface area contributed by atoms with Gasteiger partial charge in [-0.1, -0.05) is 0 Å². The van der Waals surface area contributed by atoms with Gasteiger partial charge in [-0.15, -0.1) is 0 Å². The average Bonchev–Trinajstić information content (AvgIpc) is 3.24. The second-order valence-corrected chi connectivity index (χ2v) is 5.21. The lowest BCUT2D eigenvalue weighted by molar-refractivity contribution is 0.0156. The van der Waals surface area contributed by atoms with Crippen molar-refractivity contribution >= 4 is 5.82 Å². The maximum Gasteiger partial charge on any atom is 0.143 e. The van der Waals surface area contributed by atoms with Crippen molar-refractivity contribution < 1.29 is 4.74 Å². The molecule has 5 heteroatoms. The van der Waals surface area contributed by atoms with E-state index >= 15 is 0 Å². The molecule has 1 aliphatic heterocycles. The predicted octanol–water partition coefficient (Wildman–Crippen LogP) is 1.75. The molecule has 18 heavy (non-hydrogen) atoms. The van der Waals surface area contributed by atoms with E-state index in [2.05, 4.69) is 15.4 Å². The minimum atomic E-state index is 0.277. The smallest absolute Gasteiger partial charge is 0.143 e. The number of hydrogen-bond donors (Lipinski definition) is 2. The zero-order chi connectivity index (χ0) is 12.4. The number of hydrogen-bond acceptors (Lipinski definition) is 5. The van der Waals surface area contributed by atoms with Crippen molar-refractivity contribution in [2.45, 2.75) is 50.5 Å². The molecule has 2 heterocycles. The van der Waals surface area contributed by atoms with Crippen molar-refractivity contribution in [1.82, 2.24) is 9.97 Å². The van der Waals surface area contributed by atoms with Gasteiger partial charge in [0.1, 0.15) is 11.6 Å². The van der Waals surface area contributed by atoms with E-state index in [0.29, 0.717) is 5.92 Å². The molecule has 1 aliphatic carbocycles. The lowest BCUT2D eigenvalue weighted by Gasteiger charge is -2.22. The third-order valence-electron chi connectivity index (χ3n) is 3.62. The second-order valence-electron chi connectivity index (χ2n) is 5.21. The highest BCUT2D eigenvalue weighted by Crippen LogP contribution is 2.39. The molecule has 0 amide bonds. The molecule has 3 N–H and O–H groups in total. The molecule has 0 radical (unpaired) electrons. The van der Waals surface area contributed by atoms with E-state index in [1.165, 1.54) is 25.7 Å². The van der Waals surface area contributed by atoms with Crippen LogP contribution < -0.4 is 11.3 Å². The van der Waals surface area contributed by atoms with Gasteiger partial charge in [0.05, 0.1) is 6.10 Å². The van der Waals surface area contributed by atoms with E-state index in [-0.39, 0.29) is 6.10 Å². The SMILES string of the molecule is NNc1cc(C2CC2)nc(CC2CCCCO2)n1.